The lowest BCUT2D eigenvalue weighted by atomic mass is 10.2. The lowest BCUT2D eigenvalue weighted by Crippen LogP contribution is -2.28. The van der Waals surface area contributed by atoms with Crippen molar-refractivity contribution in [3.8, 4) is 5.75 Å². The summed E-state index contributed by atoms with van der Waals surface area (Å²) in [7, 11) is -3.84. The Labute approximate surface area is 265 Å². The Morgan fingerprint density at radius 1 is 1.07 bits per heavy atom. The van der Waals surface area contributed by atoms with Crippen molar-refractivity contribution in [2.24, 2.45) is 15.3 Å². The summed E-state index contributed by atoms with van der Waals surface area (Å²) in [5, 5.41) is 16.6. The van der Waals surface area contributed by atoms with Crippen LogP contribution in [0.4, 0.5) is 5.69 Å². The standard InChI is InChI=1S/C30H24BrN5O6S2/c31-22-7-3-5-20(15-22)17-33-35-30-36(18-24-8-4-14-41-24)29(38)27(43-30)16-21-6-1-2-9-26(21)42-19-28(37)34-23-10-12-25(13-11-23)44(32,39)40/h1-17H,18-19H2,(H,34,37)(H2,32,39,40)/b27-16-,33-17-,35-30+. The normalized spacial score (nSPS) is 15.4. The topological polar surface area (TPSA) is 157 Å². The molecule has 3 aromatic carbocycles. The van der Waals surface area contributed by atoms with Crippen LogP contribution in [-0.4, -0.2) is 43.1 Å². The number of primary sulfonamides is 1. The summed E-state index contributed by atoms with van der Waals surface area (Å²) in [6, 6.07) is 23.5. The molecule has 0 radical (unpaired) electrons. The van der Waals surface area contributed by atoms with Crippen molar-refractivity contribution in [3.63, 3.8) is 0 Å². The van der Waals surface area contributed by atoms with E-state index >= 15 is 0 Å². The van der Waals surface area contributed by atoms with E-state index in [1.165, 1.54) is 35.4 Å². The van der Waals surface area contributed by atoms with Gasteiger partial charge in [-0.1, -0.05) is 46.3 Å². The average molecular weight is 695 g/mol. The Morgan fingerprint density at radius 3 is 2.59 bits per heavy atom. The number of nitrogens with two attached hydrogens (primary N) is 1. The van der Waals surface area contributed by atoms with Crippen LogP contribution < -0.4 is 15.2 Å². The highest BCUT2D eigenvalue weighted by Gasteiger charge is 2.34. The van der Waals surface area contributed by atoms with Crippen molar-refractivity contribution in [1.29, 1.82) is 0 Å². The van der Waals surface area contributed by atoms with Gasteiger partial charge in [0.15, 0.2) is 11.8 Å². The van der Waals surface area contributed by atoms with Crippen molar-refractivity contribution in [2.75, 3.05) is 11.9 Å². The maximum atomic E-state index is 13.5. The van der Waals surface area contributed by atoms with Gasteiger partial charge in [-0.3, -0.25) is 14.5 Å². The summed E-state index contributed by atoms with van der Waals surface area (Å²) in [6.07, 6.45) is 4.80. The monoisotopic (exact) mass is 693 g/mol. The molecule has 0 saturated carbocycles. The van der Waals surface area contributed by atoms with Crippen LogP contribution >= 0.6 is 27.7 Å². The quantitative estimate of drug-likeness (QED) is 0.131. The zero-order valence-corrected chi connectivity index (χ0v) is 26.0. The van der Waals surface area contributed by atoms with Gasteiger partial charge in [0.25, 0.3) is 11.8 Å². The van der Waals surface area contributed by atoms with Gasteiger partial charge in [0.05, 0.1) is 28.8 Å². The molecule has 224 valence electrons. The second-order valence-electron chi connectivity index (χ2n) is 9.21. The zero-order valence-electron chi connectivity index (χ0n) is 22.8. The first kappa shape index (κ1) is 30.9. The third kappa shape index (κ3) is 8.11. The number of para-hydroxylation sites is 1. The summed E-state index contributed by atoms with van der Waals surface area (Å²) in [4.78, 5) is 27.8. The lowest BCUT2D eigenvalue weighted by Gasteiger charge is -2.12. The molecule has 0 unspecified atom stereocenters. The molecule has 0 aliphatic carbocycles. The minimum Gasteiger partial charge on any atom is -0.483 e. The van der Waals surface area contributed by atoms with Gasteiger partial charge < -0.3 is 14.5 Å². The molecule has 0 spiro atoms. The van der Waals surface area contributed by atoms with Gasteiger partial charge in [0.1, 0.15) is 11.5 Å². The fraction of sp³-hybridized carbons (Fsp3) is 0.0667. The fourth-order valence-electron chi connectivity index (χ4n) is 3.95. The first-order chi connectivity index (χ1) is 21.2. The maximum Gasteiger partial charge on any atom is 0.267 e. The van der Waals surface area contributed by atoms with Crippen molar-refractivity contribution in [2.45, 2.75) is 11.4 Å². The summed E-state index contributed by atoms with van der Waals surface area (Å²) >= 11 is 4.59. The molecule has 1 fully saturated rings. The molecule has 2 amide bonds. The summed E-state index contributed by atoms with van der Waals surface area (Å²) in [5.41, 5.74) is 1.79. The summed E-state index contributed by atoms with van der Waals surface area (Å²) in [5.74, 6) is 0.199. The van der Waals surface area contributed by atoms with Crippen LogP contribution in [0.15, 0.2) is 120 Å². The fourth-order valence-corrected chi connectivity index (χ4v) is 5.81. The van der Waals surface area contributed by atoms with Crippen LogP contribution in [0.5, 0.6) is 5.75 Å². The number of hydrogen-bond donors (Lipinski definition) is 2. The molecule has 1 aliphatic heterocycles. The van der Waals surface area contributed by atoms with E-state index in [9.17, 15) is 18.0 Å². The number of sulfonamides is 1. The van der Waals surface area contributed by atoms with Crippen LogP contribution in [0.3, 0.4) is 0 Å². The van der Waals surface area contributed by atoms with Crippen LogP contribution in [0.1, 0.15) is 16.9 Å². The second-order valence-corrected chi connectivity index (χ2v) is 12.7. The first-order valence-corrected chi connectivity index (χ1v) is 16.1. The van der Waals surface area contributed by atoms with E-state index in [0.717, 1.165) is 21.8 Å². The summed E-state index contributed by atoms with van der Waals surface area (Å²) < 4.78 is 35.0. The highest BCUT2D eigenvalue weighted by Crippen LogP contribution is 2.35. The molecule has 14 heteroatoms. The van der Waals surface area contributed by atoms with E-state index in [4.69, 9.17) is 14.3 Å². The number of ether oxygens (including phenoxy) is 1. The van der Waals surface area contributed by atoms with Gasteiger partial charge in [-0.25, -0.2) is 13.6 Å². The number of halogens is 1. The lowest BCUT2D eigenvalue weighted by molar-refractivity contribution is -0.122. The first-order valence-electron chi connectivity index (χ1n) is 12.9. The Hall–Kier alpha value is -4.50. The Morgan fingerprint density at radius 2 is 1.86 bits per heavy atom. The molecule has 1 aromatic heterocycles. The molecule has 1 saturated heterocycles. The van der Waals surface area contributed by atoms with Crippen LogP contribution in [0.25, 0.3) is 6.08 Å². The highest BCUT2D eigenvalue weighted by molar-refractivity contribution is 9.10. The number of furan rings is 1. The van der Waals surface area contributed by atoms with E-state index in [0.29, 0.717) is 32.8 Å². The number of anilines is 1. The van der Waals surface area contributed by atoms with Crippen molar-refractivity contribution in [1.82, 2.24) is 4.90 Å². The molecule has 4 aromatic rings. The summed E-state index contributed by atoms with van der Waals surface area (Å²) in [6.45, 7) is -0.169. The van der Waals surface area contributed by atoms with Gasteiger partial charge in [-0.05, 0) is 78.0 Å². The number of carbonyl (C=O) groups is 2. The number of carbonyl (C=O) groups excluding carboxylic acids is 2. The Kier molecular flexibility index (Phi) is 9.75. The van der Waals surface area contributed by atoms with Gasteiger partial charge in [0, 0.05) is 15.7 Å². The predicted molar refractivity (Wildman–Crippen MR) is 172 cm³/mol. The number of nitrogens with one attached hydrogen (secondary N) is 1. The molecule has 0 bridgehead atoms. The van der Waals surface area contributed by atoms with Crippen LogP contribution in [0, 0.1) is 0 Å². The van der Waals surface area contributed by atoms with Crippen LogP contribution in [-0.2, 0) is 26.2 Å². The highest BCUT2D eigenvalue weighted by atomic mass is 79.9. The second kappa shape index (κ2) is 13.9. The average Bonchev–Trinajstić information content (AvgIpc) is 3.61. The molecular weight excluding hydrogens is 670 g/mol. The molecule has 2 heterocycles. The van der Waals surface area contributed by atoms with Crippen molar-refractivity contribution in [3.05, 3.63) is 117 Å². The SMILES string of the molecule is NS(=O)(=O)c1ccc(NC(=O)COc2ccccc2/C=C2\S/C(=N/N=C\c3cccc(Br)c3)N(Cc3ccco3)C2=O)cc1. The number of rotatable bonds is 10. The molecule has 5 rings (SSSR count). The van der Waals surface area contributed by atoms with Gasteiger partial charge in [-0.2, -0.15) is 5.10 Å². The molecular formula is C30H24BrN5O6S2. The van der Waals surface area contributed by atoms with E-state index in [1.54, 1.807) is 48.7 Å². The van der Waals surface area contributed by atoms with E-state index in [-0.39, 0.29) is 24.0 Å². The minimum absolute atomic E-state index is 0.0692. The van der Waals surface area contributed by atoms with Crippen molar-refractivity contribution < 1.29 is 27.2 Å². The molecule has 11 nitrogen and oxygen atoms in total. The van der Waals surface area contributed by atoms with Gasteiger partial charge >= 0.3 is 0 Å². The largest absolute Gasteiger partial charge is 0.483 e. The van der Waals surface area contributed by atoms with E-state index in [2.05, 4.69) is 31.4 Å². The predicted octanol–water partition coefficient (Wildman–Crippen LogP) is 5.21. The zero-order chi connectivity index (χ0) is 31.1. The number of amidine groups is 1. The number of amides is 2. The van der Waals surface area contributed by atoms with E-state index < -0.39 is 15.9 Å². The maximum absolute atomic E-state index is 13.5. The number of hydrogen-bond acceptors (Lipinski definition) is 9. The smallest absolute Gasteiger partial charge is 0.267 e. The number of nitrogens with zero attached hydrogens (tertiary/aromatic N) is 3. The van der Waals surface area contributed by atoms with Crippen LogP contribution in [0.2, 0.25) is 0 Å². The molecule has 1 aliphatic rings. The van der Waals surface area contributed by atoms with E-state index in [1.807, 2.05) is 24.3 Å². The number of benzene rings is 3. The third-order valence-corrected chi connectivity index (χ3v) is 8.43. The molecule has 0 atom stereocenters. The Balaban J connectivity index is 1.31. The molecule has 3 N–H and O–H groups in total. The molecule has 44 heavy (non-hydrogen) atoms. The number of thioether (sulfide) groups is 1. The van der Waals surface area contributed by atoms with Crippen molar-refractivity contribution >= 4 is 72.7 Å². The minimum atomic E-state index is -3.84. The van der Waals surface area contributed by atoms with Gasteiger partial charge in [0.2, 0.25) is 10.0 Å². The Bertz CT molecular complexity index is 1870. The van der Waals surface area contributed by atoms with Gasteiger partial charge in [-0.15, -0.1) is 5.10 Å². The third-order valence-electron chi connectivity index (χ3n) is 6.01.